The van der Waals surface area contributed by atoms with Crippen molar-refractivity contribution in [3.63, 3.8) is 0 Å². The molecule has 1 aliphatic heterocycles. The fourth-order valence-electron chi connectivity index (χ4n) is 3.08. The van der Waals surface area contributed by atoms with Crippen molar-refractivity contribution < 1.29 is 0 Å². The molecule has 0 unspecified atom stereocenters. The lowest BCUT2D eigenvalue weighted by molar-refractivity contribution is 0.198. The van der Waals surface area contributed by atoms with E-state index in [4.69, 9.17) is 0 Å². The largest absolute Gasteiger partial charge is 0.381 e. The van der Waals surface area contributed by atoms with Gasteiger partial charge in [-0.05, 0) is 65.7 Å². The van der Waals surface area contributed by atoms with Crippen molar-refractivity contribution in [3.05, 3.63) is 27.7 Å². The normalized spacial score (nSPS) is 17.7. The molecule has 20 heavy (non-hydrogen) atoms. The summed E-state index contributed by atoms with van der Waals surface area (Å²) in [4.78, 5) is 2.60. The Labute approximate surface area is 132 Å². The average Bonchev–Trinajstić information content (AvgIpc) is 2.35. The minimum atomic E-state index is 0.608. The van der Waals surface area contributed by atoms with E-state index in [1.807, 2.05) is 0 Å². The van der Waals surface area contributed by atoms with Crippen LogP contribution in [0.15, 0.2) is 16.6 Å². The molecule has 0 aromatic heterocycles. The molecule has 1 fully saturated rings. The zero-order chi connectivity index (χ0) is 14.7. The van der Waals surface area contributed by atoms with Crippen molar-refractivity contribution in [1.82, 2.24) is 4.90 Å². The van der Waals surface area contributed by atoms with Gasteiger partial charge in [0.15, 0.2) is 0 Å². The first-order chi connectivity index (χ1) is 9.45. The van der Waals surface area contributed by atoms with E-state index in [1.54, 1.807) is 0 Å². The summed E-state index contributed by atoms with van der Waals surface area (Å²) >= 11 is 3.70. The monoisotopic (exact) mass is 338 g/mol. The zero-order valence-electron chi connectivity index (χ0n) is 13.2. The molecule has 0 atom stereocenters. The van der Waals surface area contributed by atoms with Crippen LogP contribution in [0.1, 0.15) is 37.8 Å². The Balaban J connectivity index is 1.93. The highest BCUT2D eigenvalue weighted by atomic mass is 79.9. The Kier molecular flexibility index (Phi) is 5.50. The van der Waals surface area contributed by atoms with Crippen molar-refractivity contribution >= 4 is 21.6 Å². The van der Waals surface area contributed by atoms with Gasteiger partial charge in [-0.2, -0.15) is 0 Å². The molecule has 0 amide bonds. The zero-order valence-corrected chi connectivity index (χ0v) is 14.8. The number of nitrogens with zero attached hydrogens (tertiary/aromatic N) is 1. The number of hydrogen-bond acceptors (Lipinski definition) is 2. The number of aryl methyl sites for hydroxylation is 2. The molecular formula is C17H27BrN2. The number of likely N-dealkylation sites (tertiary alicyclic amines) is 1. The first kappa shape index (κ1) is 15.8. The van der Waals surface area contributed by atoms with Crippen LogP contribution in [0.2, 0.25) is 0 Å². The van der Waals surface area contributed by atoms with E-state index in [-0.39, 0.29) is 0 Å². The Morgan fingerprint density at radius 2 is 1.90 bits per heavy atom. The Hall–Kier alpha value is -0.540. The minimum Gasteiger partial charge on any atom is -0.381 e. The third kappa shape index (κ3) is 4.23. The maximum absolute atomic E-state index is 3.74. The third-order valence-electron chi connectivity index (χ3n) is 3.99. The second-order valence-corrected chi connectivity index (χ2v) is 7.41. The van der Waals surface area contributed by atoms with E-state index in [0.717, 1.165) is 5.92 Å². The third-order valence-corrected chi connectivity index (χ3v) is 4.62. The molecule has 2 nitrogen and oxygen atoms in total. The Morgan fingerprint density at radius 3 is 2.45 bits per heavy atom. The van der Waals surface area contributed by atoms with E-state index < -0.39 is 0 Å². The molecular weight excluding hydrogens is 312 g/mol. The second kappa shape index (κ2) is 6.95. The van der Waals surface area contributed by atoms with Gasteiger partial charge >= 0.3 is 0 Å². The van der Waals surface area contributed by atoms with E-state index in [1.165, 1.54) is 53.8 Å². The summed E-state index contributed by atoms with van der Waals surface area (Å²) in [6.07, 6.45) is 2.49. The molecule has 1 N–H and O–H groups in total. The molecule has 1 aliphatic rings. The maximum atomic E-state index is 3.74. The van der Waals surface area contributed by atoms with Crippen LogP contribution in [0, 0.1) is 19.8 Å². The quantitative estimate of drug-likeness (QED) is 0.863. The van der Waals surface area contributed by atoms with Gasteiger partial charge in [-0.1, -0.05) is 19.9 Å². The number of hydrogen-bond donors (Lipinski definition) is 1. The highest BCUT2D eigenvalue weighted by Gasteiger charge is 2.20. The fourth-order valence-corrected chi connectivity index (χ4v) is 3.87. The van der Waals surface area contributed by atoms with Gasteiger partial charge in [0.2, 0.25) is 0 Å². The van der Waals surface area contributed by atoms with Crippen LogP contribution in [0.25, 0.3) is 0 Å². The van der Waals surface area contributed by atoms with Gasteiger partial charge in [-0.15, -0.1) is 0 Å². The molecule has 0 radical (unpaired) electrons. The molecule has 0 saturated carbocycles. The van der Waals surface area contributed by atoms with Crippen molar-refractivity contribution in [1.29, 1.82) is 0 Å². The number of nitrogens with one attached hydrogen (secondary N) is 1. The summed E-state index contributed by atoms with van der Waals surface area (Å²) in [5.41, 5.74) is 3.92. The van der Waals surface area contributed by atoms with Crippen molar-refractivity contribution in [2.75, 3.05) is 25.0 Å². The summed E-state index contributed by atoms with van der Waals surface area (Å²) in [5, 5.41) is 3.74. The number of halogens is 1. The van der Waals surface area contributed by atoms with Crippen LogP contribution in [0.4, 0.5) is 5.69 Å². The van der Waals surface area contributed by atoms with E-state index in [0.29, 0.717) is 6.04 Å². The molecule has 1 heterocycles. The first-order valence-electron chi connectivity index (χ1n) is 7.71. The number of piperidine rings is 1. The van der Waals surface area contributed by atoms with Crippen molar-refractivity contribution in [3.8, 4) is 0 Å². The average molecular weight is 339 g/mol. The van der Waals surface area contributed by atoms with Crippen molar-refractivity contribution in [2.24, 2.45) is 5.92 Å². The van der Waals surface area contributed by atoms with Gasteiger partial charge in [-0.25, -0.2) is 0 Å². The second-order valence-electron chi connectivity index (χ2n) is 6.55. The Bertz CT molecular complexity index is 425. The molecule has 3 heteroatoms. The number of anilines is 1. The van der Waals surface area contributed by atoms with Gasteiger partial charge in [0.1, 0.15) is 0 Å². The Morgan fingerprint density at radius 1 is 1.25 bits per heavy atom. The van der Waals surface area contributed by atoms with Gasteiger partial charge < -0.3 is 10.2 Å². The van der Waals surface area contributed by atoms with E-state index in [2.05, 4.69) is 66.0 Å². The van der Waals surface area contributed by atoms with Crippen LogP contribution >= 0.6 is 15.9 Å². The van der Waals surface area contributed by atoms with Crippen LogP contribution in [-0.2, 0) is 0 Å². The van der Waals surface area contributed by atoms with Crippen LogP contribution < -0.4 is 5.32 Å². The fraction of sp³-hybridized carbons (Fsp3) is 0.647. The van der Waals surface area contributed by atoms with E-state index in [9.17, 15) is 0 Å². The summed E-state index contributed by atoms with van der Waals surface area (Å²) < 4.78 is 1.19. The predicted octanol–water partition coefficient (Wildman–Crippen LogP) is 4.60. The first-order valence-corrected chi connectivity index (χ1v) is 8.50. The van der Waals surface area contributed by atoms with Crippen LogP contribution in [0.5, 0.6) is 0 Å². The van der Waals surface area contributed by atoms with Gasteiger partial charge in [0, 0.05) is 30.1 Å². The predicted molar refractivity (Wildman–Crippen MR) is 91.5 cm³/mol. The number of benzene rings is 1. The molecule has 0 bridgehead atoms. The SMILES string of the molecule is Cc1cc(C)c(NC2CCN(CC(C)C)CC2)c(Br)c1. The topological polar surface area (TPSA) is 15.3 Å². The summed E-state index contributed by atoms with van der Waals surface area (Å²) in [6.45, 7) is 12.6. The summed E-state index contributed by atoms with van der Waals surface area (Å²) in [7, 11) is 0. The van der Waals surface area contributed by atoms with Gasteiger partial charge in [0.25, 0.3) is 0 Å². The molecule has 0 aliphatic carbocycles. The van der Waals surface area contributed by atoms with Gasteiger partial charge in [-0.3, -0.25) is 0 Å². The minimum absolute atomic E-state index is 0.608. The van der Waals surface area contributed by atoms with Crippen LogP contribution in [0.3, 0.4) is 0 Å². The molecule has 112 valence electrons. The highest BCUT2D eigenvalue weighted by molar-refractivity contribution is 9.10. The summed E-state index contributed by atoms with van der Waals surface area (Å²) in [5.74, 6) is 0.771. The smallest absolute Gasteiger partial charge is 0.0516 e. The highest BCUT2D eigenvalue weighted by Crippen LogP contribution is 2.29. The van der Waals surface area contributed by atoms with Gasteiger partial charge in [0.05, 0.1) is 5.69 Å². The molecule has 1 saturated heterocycles. The molecule has 1 aromatic rings. The molecule has 0 spiro atoms. The summed E-state index contributed by atoms with van der Waals surface area (Å²) in [6, 6.07) is 5.06. The molecule has 1 aromatic carbocycles. The lowest BCUT2D eigenvalue weighted by Gasteiger charge is -2.34. The number of rotatable bonds is 4. The lowest BCUT2D eigenvalue weighted by Crippen LogP contribution is -2.40. The standard InChI is InChI=1S/C17H27BrN2/c1-12(2)11-20-7-5-15(6-8-20)19-17-14(4)9-13(3)10-16(17)18/h9-10,12,15,19H,5-8,11H2,1-4H3. The maximum Gasteiger partial charge on any atom is 0.0516 e. The van der Waals surface area contributed by atoms with E-state index >= 15 is 0 Å². The van der Waals surface area contributed by atoms with Crippen LogP contribution in [-0.4, -0.2) is 30.6 Å². The lowest BCUT2D eigenvalue weighted by atomic mass is 10.0. The molecule has 2 rings (SSSR count). The van der Waals surface area contributed by atoms with Crippen molar-refractivity contribution in [2.45, 2.75) is 46.6 Å².